The molecular weight excluding hydrogens is 386 g/mol. The number of hydrogen-bond acceptors (Lipinski definition) is 3. The summed E-state index contributed by atoms with van der Waals surface area (Å²) in [6.07, 6.45) is 1.27. The van der Waals surface area contributed by atoms with Crippen molar-refractivity contribution in [1.82, 2.24) is 0 Å². The minimum absolute atomic E-state index is 0.0359. The summed E-state index contributed by atoms with van der Waals surface area (Å²) < 4.78 is 6.50. The standard InChI is InChI=1S/C19H20BrNO4/c1-2-10-25-17-8-6-13(7-9-18(22)23)11-16(17)21-19(24)14-4-3-5-15(20)12-14/h3-6,8,11-12H,2,7,9-10H2,1H3,(H,21,24)(H,22,23). The highest BCUT2D eigenvalue weighted by molar-refractivity contribution is 9.10. The number of rotatable bonds is 8. The molecule has 1 amide bonds. The maximum Gasteiger partial charge on any atom is 0.303 e. The fourth-order valence-electron chi connectivity index (χ4n) is 2.24. The molecule has 2 aromatic rings. The third-order valence-electron chi connectivity index (χ3n) is 3.47. The average molecular weight is 406 g/mol. The van der Waals surface area contributed by atoms with Crippen molar-refractivity contribution >= 4 is 33.5 Å². The second-order valence-electron chi connectivity index (χ2n) is 5.54. The molecule has 132 valence electrons. The molecule has 0 saturated heterocycles. The van der Waals surface area contributed by atoms with Crippen molar-refractivity contribution in [3.8, 4) is 5.75 Å². The second-order valence-corrected chi connectivity index (χ2v) is 6.45. The minimum Gasteiger partial charge on any atom is -0.491 e. The summed E-state index contributed by atoms with van der Waals surface area (Å²) in [5.41, 5.74) is 1.89. The maximum absolute atomic E-state index is 12.5. The van der Waals surface area contributed by atoms with E-state index in [-0.39, 0.29) is 12.3 Å². The van der Waals surface area contributed by atoms with Crippen LogP contribution < -0.4 is 10.1 Å². The van der Waals surface area contributed by atoms with Gasteiger partial charge in [0.1, 0.15) is 5.75 Å². The van der Waals surface area contributed by atoms with Crippen LogP contribution in [0.15, 0.2) is 46.9 Å². The Bertz CT molecular complexity index is 761. The molecule has 0 aliphatic heterocycles. The Morgan fingerprint density at radius 1 is 1.20 bits per heavy atom. The minimum atomic E-state index is -0.856. The van der Waals surface area contributed by atoms with Crippen LogP contribution >= 0.6 is 15.9 Å². The highest BCUT2D eigenvalue weighted by Crippen LogP contribution is 2.27. The lowest BCUT2D eigenvalue weighted by atomic mass is 10.1. The van der Waals surface area contributed by atoms with Gasteiger partial charge in [-0.05, 0) is 48.7 Å². The second kappa shape index (κ2) is 9.22. The molecule has 2 rings (SSSR count). The van der Waals surface area contributed by atoms with Gasteiger partial charge in [0.25, 0.3) is 5.91 Å². The molecule has 0 radical (unpaired) electrons. The van der Waals surface area contributed by atoms with Gasteiger partial charge >= 0.3 is 5.97 Å². The van der Waals surface area contributed by atoms with Crippen molar-refractivity contribution in [3.63, 3.8) is 0 Å². The zero-order chi connectivity index (χ0) is 18.2. The molecule has 0 aliphatic carbocycles. The van der Waals surface area contributed by atoms with E-state index in [1.165, 1.54) is 0 Å². The van der Waals surface area contributed by atoms with Crippen LogP contribution in [0.3, 0.4) is 0 Å². The number of anilines is 1. The number of nitrogens with one attached hydrogen (secondary N) is 1. The summed E-state index contributed by atoms with van der Waals surface area (Å²) in [5, 5.41) is 11.7. The highest BCUT2D eigenvalue weighted by Gasteiger charge is 2.12. The molecule has 5 nitrogen and oxygen atoms in total. The molecule has 0 aliphatic rings. The monoisotopic (exact) mass is 405 g/mol. The van der Waals surface area contributed by atoms with Gasteiger partial charge in [-0.25, -0.2) is 0 Å². The summed E-state index contributed by atoms with van der Waals surface area (Å²) in [4.78, 5) is 23.2. The van der Waals surface area contributed by atoms with E-state index in [2.05, 4.69) is 21.2 Å². The van der Waals surface area contributed by atoms with Gasteiger partial charge in [0, 0.05) is 16.5 Å². The van der Waals surface area contributed by atoms with Crippen LogP contribution in [-0.4, -0.2) is 23.6 Å². The van der Waals surface area contributed by atoms with E-state index < -0.39 is 5.97 Å². The van der Waals surface area contributed by atoms with Gasteiger partial charge in [0.2, 0.25) is 0 Å². The van der Waals surface area contributed by atoms with Crippen LogP contribution in [0, 0.1) is 0 Å². The van der Waals surface area contributed by atoms with Crippen LogP contribution in [0.1, 0.15) is 35.7 Å². The van der Waals surface area contributed by atoms with Gasteiger partial charge in [0.05, 0.1) is 12.3 Å². The molecule has 0 bridgehead atoms. The molecule has 0 unspecified atom stereocenters. The Morgan fingerprint density at radius 2 is 2.00 bits per heavy atom. The Labute approximate surface area is 155 Å². The van der Waals surface area contributed by atoms with Gasteiger partial charge in [-0.15, -0.1) is 0 Å². The first-order valence-electron chi connectivity index (χ1n) is 8.04. The molecule has 0 spiro atoms. The summed E-state index contributed by atoms with van der Waals surface area (Å²) >= 11 is 3.35. The third-order valence-corrected chi connectivity index (χ3v) is 3.96. The van der Waals surface area contributed by atoms with E-state index in [1.807, 2.05) is 19.1 Å². The normalized spacial score (nSPS) is 10.3. The molecule has 2 N–H and O–H groups in total. The molecule has 0 saturated carbocycles. The zero-order valence-corrected chi connectivity index (χ0v) is 15.5. The number of hydrogen-bond donors (Lipinski definition) is 2. The van der Waals surface area contributed by atoms with Crippen molar-refractivity contribution in [1.29, 1.82) is 0 Å². The fraction of sp³-hybridized carbons (Fsp3) is 0.263. The van der Waals surface area contributed by atoms with Gasteiger partial charge in [-0.1, -0.05) is 35.0 Å². The number of aliphatic carboxylic acids is 1. The molecule has 0 fully saturated rings. The maximum atomic E-state index is 12.5. The first-order chi connectivity index (χ1) is 12.0. The summed E-state index contributed by atoms with van der Waals surface area (Å²) in [6, 6.07) is 12.4. The van der Waals surface area contributed by atoms with Crippen molar-refractivity contribution in [2.45, 2.75) is 26.2 Å². The van der Waals surface area contributed by atoms with E-state index in [4.69, 9.17) is 9.84 Å². The third kappa shape index (κ3) is 5.90. The van der Waals surface area contributed by atoms with Gasteiger partial charge in [-0.3, -0.25) is 9.59 Å². The lowest BCUT2D eigenvalue weighted by molar-refractivity contribution is -0.136. The number of aryl methyl sites for hydroxylation is 1. The molecule has 0 atom stereocenters. The quantitative estimate of drug-likeness (QED) is 0.677. The summed E-state index contributed by atoms with van der Waals surface area (Å²) in [6.45, 7) is 2.54. The van der Waals surface area contributed by atoms with Crippen LogP contribution in [0.25, 0.3) is 0 Å². The Balaban J connectivity index is 2.23. The number of ether oxygens (including phenoxy) is 1. The van der Waals surface area contributed by atoms with E-state index >= 15 is 0 Å². The smallest absolute Gasteiger partial charge is 0.303 e. The van der Waals surface area contributed by atoms with E-state index in [0.29, 0.717) is 30.0 Å². The molecule has 25 heavy (non-hydrogen) atoms. The van der Waals surface area contributed by atoms with Crippen LogP contribution in [0.2, 0.25) is 0 Å². The molecular formula is C19H20BrNO4. The topological polar surface area (TPSA) is 75.6 Å². The van der Waals surface area contributed by atoms with E-state index in [0.717, 1.165) is 16.5 Å². The number of amides is 1. The van der Waals surface area contributed by atoms with E-state index in [1.54, 1.807) is 30.3 Å². The van der Waals surface area contributed by atoms with Crippen LogP contribution in [-0.2, 0) is 11.2 Å². The largest absolute Gasteiger partial charge is 0.491 e. The molecule has 2 aromatic carbocycles. The predicted octanol–water partition coefficient (Wildman–Crippen LogP) is 4.51. The number of carboxylic acid groups (broad SMARTS) is 1. The van der Waals surface area contributed by atoms with Crippen molar-refractivity contribution < 1.29 is 19.4 Å². The van der Waals surface area contributed by atoms with Crippen molar-refractivity contribution in [3.05, 3.63) is 58.1 Å². The molecule has 0 heterocycles. The number of carboxylic acids is 1. The average Bonchev–Trinajstić information content (AvgIpc) is 2.59. The summed E-state index contributed by atoms with van der Waals surface area (Å²) in [7, 11) is 0. The van der Waals surface area contributed by atoms with Gasteiger partial charge in [-0.2, -0.15) is 0 Å². The summed E-state index contributed by atoms with van der Waals surface area (Å²) in [5.74, 6) is -0.534. The van der Waals surface area contributed by atoms with Crippen LogP contribution in [0.5, 0.6) is 5.75 Å². The Hall–Kier alpha value is -2.34. The first kappa shape index (κ1) is 19.0. The Kier molecular flexibility index (Phi) is 7.01. The first-order valence-corrected chi connectivity index (χ1v) is 8.83. The highest BCUT2D eigenvalue weighted by atomic mass is 79.9. The lowest BCUT2D eigenvalue weighted by Gasteiger charge is -2.14. The van der Waals surface area contributed by atoms with Crippen LogP contribution in [0.4, 0.5) is 5.69 Å². The van der Waals surface area contributed by atoms with E-state index in [9.17, 15) is 9.59 Å². The number of carbonyl (C=O) groups is 2. The SMILES string of the molecule is CCCOc1ccc(CCC(=O)O)cc1NC(=O)c1cccc(Br)c1. The van der Waals surface area contributed by atoms with Gasteiger partial charge in [0.15, 0.2) is 0 Å². The zero-order valence-electron chi connectivity index (χ0n) is 13.9. The van der Waals surface area contributed by atoms with Crippen molar-refractivity contribution in [2.24, 2.45) is 0 Å². The molecule has 0 aromatic heterocycles. The lowest BCUT2D eigenvalue weighted by Crippen LogP contribution is -2.13. The number of benzene rings is 2. The fourth-order valence-corrected chi connectivity index (χ4v) is 2.64. The number of carbonyl (C=O) groups excluding carboxylic acids is 1. The molecule has 6 heteroatoms. The van der Waals surface area contributed by atoms with Crippen molar-refractivity contribution in [2.75, 3.05) is 11.9 Å². The predicted molar refractivity (Wildman–Crippen MR) is 100 cm³/mol. The number of halogens is 1. The Morgan fingerprint density at radius 3 is 2.68 bits per heavy atom. The van der Waals surface area contributed by atoms with Gasteiger partial charge < -0.3 is 15.2 Å².